The summed E-state index contributed by atoms with van der Waals surface area (Å²) in [5.41, 5.74) is 2.42. The Morgan fingerprint density at radius 2 is 1.72 bits per heavy atom. The first kappa shape index (κ1) is 23.1. The van der Waals surface area contributed by atoms with Crippen LogP contribution in [-0.2, 0) is 16.1 Å². The molecule has 9 heteroatoms. The van der Waals surface area contributed by atoms with Gasteiger partial charge in [-0.1, -0.05) is 0 Å². The van der Waals surface area contributed by atoms with Crippen LogP contribution < -0.4 is 9.47 Å². The quantitative estimate of drug-likeness (QED) is 0.497. The molecule has 0 spiro atoms. The molecular formula is C23H28N4O5. The second-order valence-corrected chi connectivity index (χ2v) is 7.68. The van der Waals surface area contributed by atoms with E-state index < -0.39 is 5.97 Å². The second-order valence-electron chi connectivity index (χ2n) is 7.68. The molecule has 2 heterocycles. The van der Waals surface area contributed by atoms with E-state index in [4.69, 9.17) is 14.2 Å². The van der Waals surface area contributed by atoms with E-state index in [-0.39, 0.29) is 25.0 Å². The zero-order chi connectivity index (χ0) is 23.4. The van der Waals surface area contributed by atoms with Gasteiger partial charge in [-0.05, 0) is 44.5 Å². The molecular weight excluding hydrogens is 412 g/mol. The Bertz CT molecular complexity index is 1120. The van der Waals surface area contributed by atoms with E-state index >= 15 is 0 Å². The summed E-state index contributed by atoms with van der Waals surface area (Å²) < 4.78 is 17.3. The lowest BCUT2D eigenvalue weighted by molar-refractivity contribution is -0.141. The molecule has 1 amide bonds. The highest BCUT2D eigenvalue weighted by atomic mass is 16.5. The van der Waals surface area contributed by atoms with Gasteiger partial charge in [0.15, 0.2) is 5.65 Å². The topological polar surface area (TPSA) is 95.8 Å². The number of fused-ring (bicyclic) bond motifs is 1. The standard InChI is InChI=1S/C23H28N4O5/c1-14(2)27-22-17(11-24-27)9-20(15(3)25-22)23(29)26(13-21(28)32-6)12-16-7-18(30-4)10-19(8-16)31-5/h7-11,14H,12-13H2,1-6H3. The molecule has 0 bridgehead atoms. The largest absolute Gasteiger partial charge is 0.497 e. The predicted molar refractivity (Wildman–Crippen MR) is 119 cm³/mol. The fourth-order valence-electron chi connectivity index (χ4n) is 3.43. The molecule has 0 unspecified atom stereocenters. The van der Waals surface area contributed by atoms with E-state index in [0.717, 1.165) is 10.9 Å². The predicted octanol–water partition coefficient (Wildman–Crippen LogP) is 3.15. The summed E-state index contributed by atoms with van der Waals surface area (Å²) in [5, 5.41) is 5.13. The van der Waals surface area contributed by atoms with Crippen molar-refractivity contribution in [3.05, 3.63) is 47.3 Å². The van der Waals surface area contributed by atoms with Gasteiger partial charge in [0, 0.05) is 24.0 Å². The molecule has 0 atom stereocenters. The lowest BCUT2D eigenvalue weighted by Crippen LogP contribution is -2.36. The maximum Gasteiger partial charge on any atom is 0.325 e. The number of esters is 1. The van der Waals surface area contributed by atoms with Gasteiger partial charge in [-0.2, -0.15) is 5.10 Å². The average Bonchev–Trinajstić information content (AvgIpc) is 3.20. The lowest BCUT2D eigenvalue weighted by atomic mass is 10.1. The third-order valence-corrected chi connectivity index (χ3v) is 5.10. The monoisotopic (exact) mass is 440 g/mol. The van der Waals surface area contributed by atoms with Gasteiger partial charge in [-0.15, -0.1) is 0 Å². The van der Waals surface area contributed by atoms with Crippen LogP contribution in [-0.4, -0.2) is 59.4 Å². The molecule has 0 aliphatic carbocycles. The number of aromatic nitrogens is 3. The van der Waals surface area contributed by atoms with Crippen LogP contribution in [0.1, 0.15) is 41.5 Å². The van der Waals surface area contributed by atoms with Gasteiger partial charge < -0.3 is 19.1 Å². The van der Waals surface area contributed by atoms with Crippen molar-refractivity contribution >= 4 is 22.9 Å². The van der Waals surface area contributed by atoms with Crippen molar-refractivity contribution in [3.63, 3.8) is 0 Å². The number of pyridine rings is 1. The van der Waals surface area contributed by atoms with Crippen molar-refractivity contribution in [1.82, 2.24) is 19.7 Å². The second kappa shape index (κ2) is 9.67. The van der Waals surface area contributed by atoms with Crippen molar-refractivity contribution in [1.29, 1.82) is 0 Å². The van der Waals surface area contributed by atoms with Crippen molar-refractivity contribution in [2.45, 2.75) is 33.4 Å². The van der Waals surface area contributed by atoms with Gasteiger partial charge >= 0.3 is 5.97 Å². The van der Waals surface area contributed by atoms with Gasteiger partial charge in [-0.3, -0.25) is 9.59 Å². The van der Waals surface area contributed by atoms with Crippen molar-refractivity contribution in [2.24, 2.45) is 0 Å². The molecule has 32 heavy (non-hydrogen) atoms. The SMILES string of the molecule is COC(=O)CN(Cc1cc(OC)cc(OC)c1)C(=O)c1cc2cnn(C(C)C)c2nc1C. The fourth-order valence-corrected chi connectivity index (χ4v) is 3.43. The first-order valence-electron chi connectivity index (χ1n) is 10.2. The Kier molecular flexibility index (Phi) is 6.97. The van der Waals surface area contributed by atoms with Crippen molar-refractivity contribution in [2.75, 3.05) is 27.9 Å². The maximum absolute atomic E-state index is 13.5. The molecule has 3 rings (SSSR count). The minimum atomic E-state index is -0.521. The zero-order valence-electron chi connectivity index (χ0n) is 19.2. The van der Waals surface area contributed by atoms with E-state index in [1.54, 1.807) is 51.6 Å². The van der Waals surface area contributed by atoms with Crippen LogP contribution in [0.2, 0.25) is 0 Å². The number of hydrogen-bond acceptors (Lipinski definition) is 7. The van der Waals surface area contributed by atoms with Crippen LogP contribution in [0.15, 0.2) is 30.5 Å². The number of carbonyl (C=O) groups is 2. The number of aryl methyl sites for hydroxylation is 1. The van der Waals surface area contributed by atoms with Crippen LogP contribution in [0.5, 0.6) is 11.5 Å². The van der Waals surface area contributed by atoms with Crippen molar-refractivity contribution in [3.8, 4) is 11.5 Å². The zero-order valence-corrected chi connectivity index (χ0v) is 19.2. The lowest BCUT2D eigenvalue weighted by Gasteiger charge is -2.23. The fraction of sp³-hybridized carbons (Fsp3) is 0.391. The van der Waals surface area contributed by atoms with Crippen LogP contribution in [0.3, 0.4) is 0 Å². The van der Waals surface area contributed by atoms with E-state index in [0.29, 0.717) is 28.4 Å². The average molecular weight is 441 g/mol. The van der Waals surface area contributed by atoms with Gasteiger partial charge in [-0.25, -0.2) is 9.67 Å². The van der Waals surface area contributed by atoms with E-state index in [9.17, 15) is 9.59 Å². The normalized spacial score (nSPS) is 11.0. The molecule has 0 aliphatic heterocycles. The van der Waals surface area contributed by atoms with Crippen LogP contribution in [0, 0.1) is 6.92 Å². The molecule has 0 saturated heterocycles. The summed E-state index contributed by atoms with van der Waals surface area (Å²) in [4.78, 5) is 31.6. The van der Waals surface area contributed by atoms with E-state index in [1.807, 2.05) is 18.5 Å². The molecule has 0 saturated carbocycles. The summed E-state index contributed by atoms with van der Waals surface area (Å²) in [6.07, 6.45) is 1.69. The molecule has 9 nitrogen and oxygen atoms in total. The summed E-state index contributed by atoms with van der Waals surface area (Å²) in [7, 11) is 4.40. The van der Waals surface area contributed by atoms with Crippen LogP contribution in [0.4, 0.5) is 0 Å². The Morgan fingerprint density at radius 3 is 2.28 bits per heavy atom. The molecule has 0 N–H and O–H groups in total. The van der Waals surface area contributed by atoms with E-state index in [2.05, 4.69) is 10.1 Å². The minimum Gasteiger partial charge on any atom is -0.497 e. The third kappa shape index (κ3) is 4.82. The van der Waals surface area contributed by atoms with Gasteiger partial charge in [0.1, 0.15) is 18.0 Å². The maximum atomic E-state index is 13.5. The smallest absolute Gasteiger partial charge is 0.325 e. The van der Waals surface area contributed by atoms with Gasteiger partial charge in [0.05, 0.1) is 38.8 Å². The Hall–Kier alpha value is -3.62. The number of nitrogens with zero attached hydrogens (tertiary/aromatic N) is 4. The van der Waals surface area contributed by atoms with Crippen LogP contribution in [0.25, 0.3) is 11.0 Å². The summed E-state index contributed by atoms with van der Waals surface area (Å²) in [6.45, 7) is 5.75. The van der Waals surface area contributed by atoms with Gasteiger partial charge in [0.2, 0.25) is 0 Å². The van der Waals surface area contributed by atoms with Crippen molar-refractivity contribution < 1.29 is 23.8 Å². The summed E-state index contributed by atoms with van der Waals surface area (Å²) >= 11 is 0. The molecule has 2 aromatic heterocycles. The minimum absolute atomic E-state index is 0.139. The third-order valence-electron chi connectivity index (χ3n) is 5.10. The molecule has 170 valence electrons. The number of hydrogen-bond donors (Lipinski definition) is 0. The highest BCUT2D eigenvalue weighted by Crippen LogP contribution is 2.25. The molecule has 0 aliphatic rings. The number of rotatable bonds is 8. The number of amides is 1. The number of ether oxygens (including phenoxy) is 3. The van der Waals surface area contributed by atoms with Crippen LogP contribution >= 0.6 is 0 Å². The molecule has 0 radical (unpaired) electrons. The highest BCUT2D eigenvalue weighted by Gasteiger charge is 2.24. The highest BCUT2D eigenvalue weighted by molar-refractivity contribution is 5.99. The summed E-state index contributed by atoms with van der Waals surface area (Å²) in [5.74, 6) is 0.323. The molecule has 1 aromatic carbocycles. The number of carbonyl (C=O) groups excluding carboxylic acids is 2. The molecule has 3 aromatic rings. The van der Waals surface area contributed by atoms with E-state index in [1.165, 1.54) is 12.0 Å². The Morgan fingerprint density at radius 1 is 1.06 bits per heavy atom. The summed E-state index contributed by atoms with van der Waals surface area (Å²) in [6, 6.07) is 7.23. The number of methoxy groups -OCH3 is 3. The molecule has 0 fully saturated rings. The Balaban J connectivity index is 2.00. The Labute approximate surface area is 186 Å². The first-order valence-corrected chi connectivity index (χ1v) is 10.2. The first-order chi connectivity index (χ1) is 15.3. The number of benzene rings is 1. The van der Waals surface area contributed by atoms with Gasteiger partial charge in [0.25, 0.3) is 5.91 Å².